The largest absolute Gasteiger partial charge is 0.394 e. The van der Waals surface area contributed by atoms with Crippen molar-refractivity contribution in [2.75, 3.05) is 19.7 Å². The van der Waals surface area contributed by atoms with Gasteiger partial charge in [0.2, 0.25) is 5.91 Å². The first kappa shape index (κ1) is 10.2. The molecule has 74 valence electrons. The highest BCUT2D eigenvalue weighted by Gasteiger charge is 2.25. The molecule has 0 aromatic heterocycles. The highest BCUT2D eigenvalue weighted by atomic mass is 16.3. The minimum Gasteiger partial charge on any atom is -0.394 e. The fourth-order valence-corrected chi connectivity index (χ4v) is 1.41. The molecule has 1 heterocycles. The topological polar surface area (TPSA) is 52.6 Å². The van der Waals surface area contributed by atoms with Crippen molar-refractivity contribution in [2.45, 2.75) is 19.0 Å². The minimum atomic E-state index is -0.136. The van der Waals surface area contributed by atoms with E-state index >= 15 is 0 Å². The predicted octanol–water partition coefficient (Wildman–Crippen LogP) is -0.646. The summed E-state index contributed by atoms with van der Waals surface area (Å²) in [7, 11) is 0. The number of hydrogen-bond donors (Lipinski definition) is 2. The lowest BCUT2D eigenvalue weighted by Gasteiger charge is -2.34. The van der Waals surface area contributed by atoms with E-state index in [0.717, 1.165) is 0 Å². The summed E-state index contributed by atoms with van der Waals surface area (Å²) in [6.45, 7) is 6.74. The molecule has 0 radical (unpaired) electrons. The van der Waals surface area contributed by atoms with Crippen LogP contribution in [0.4, 0.5) is 0 Å². The molecule has 2 N–H and O–H groups in total. The molecule has 0 aromatic rings. The number of piperazine rings is 1. The molecule has 1 unspecified atom stereocenters. The van der Waals surface area contributed by atoms with Gasteiger partial charge in [0.15, 0.2) is 0 Å². The first-order chi connectivity index (χ1) is 6.17. The van der Waals surface area contributed by atoms with Gasteiger partial charge in [-0.1, -0.05) is 6.08 Å². The third kappa shape index (κ3) is 2.54. The van der Waals surface area contributed by atoms with Crippen molar-refractivity contribution in [3.8, 4) is 0 Å². The van der Waals surface area contributed by atoms with Gasteiger partial charge in [-0.3, -0.25) is 9.69 Å². The molecule has 1 saturated heterocycles. The Morgan fingerprint density at radius 2 is 2.62 bits per heavy atom. The van der Waals surface area contributed by atoms with Crippen molar-refractivity contribution in [3.05, 3.63) is 12.7 Å². The summed E-state index contributed by atoms with van der Waals surface area (Å²) in [5.41, 5.74) is 0. The molecular weight excluding hydrogens is 168 g/mol. The number of aliphatic hydroxyl groups excluding tert-OH is 1. The summed E-state index contributed by atoms with van der Waals surface area (Å²) in [4.78, 5) is 13.2. The van der Waals surface area contributed by atoms with Gasteiger partial charge in [-0.15, -0.1) is 6.58 Å². The highest BCUT2D eigenvalue weighted by molar-refractivity contribution is 5.79. The van der Waals surface area contributed by atoms with Gasteiger partial charge in [-0.25, -0.2) is 0 Å². The van der Waals surface area contributed by atoms with Crippen LogP contribution in [-0.4, -0.2) is 47.7 Å². The van der Waals surface area contributed by atoms with E-state index in [0.29, 0.717) is 13.1 Å². The standard InChI is InChI=1S/C9H16N2O2/c1-3-7(2)11-4-8(6-12)10-9(13)5-11/h3,7-8,12H,1,4-6H2,2H3,(H,10,13)/t7?,8-/m0/s1. The maximum Gasteiger partial charge on any atom is 0.234 e. The third-order valence-corrected chi connectivity index (χ3v) is 2.30. The lowest BCUT2D eigenvalue weighted by Crippen LogP contribution is -2.57. The Balaban J connectivity index is 2.56. The smallest absolute Gasteiger partial charge is 0.234 e. The summed E-state index contributed by atoms with van der Waals surface area (Å²) >= 11 is 0. The Bertz CT molecular complexity index is 206. The van der Waals surface area contributed by atoms with E-state index in [4.69, 9.17) is 5.11 Å². The Hall–Kier alpha value is -0.870. The van der Waals surface area contributed by atoms with Gasteiger partial charge in [0.1, 0.15) is 0 Å². The molecule has 0 spiro atoms. The van der Waals surface area contributed by atoms with E-state index in [-0.39, 0.29) is 24.6 Å². The Morgan fingerprint density at radius 1 is 1.92 bits per heavy atom. The maximum atomic E-state index is 11.2. The van der Waals surface area contributed by atoms with Crippen LogP contribution in [0.5, 0.6) is 0 Å². The number of carbonyl (C=O) groups is 1. The molecule has 13 heavy (non-hydrogen) atoms. The molecule has 1 aliphatic heterocycles. The molecule has 2 atom stereocenters. The molecule has 1 fully saturated rings. The quantitative estimate of drug-likeness (QED) is 0.573. The summed E-state index contributed by atoms with van der Waals surface area (Å²) in [6.07, 6.45) is 1.80. The van der Waals surface area contributed by atoms with Crippen molar-refractivity contribution < 1.29 is 9.90 Å². The van der Waals surface area contributed by atoms with Crippen LogP contribution in [0.1, 0.15) is 6.92 Å². The molecule has 0 aliphatic carbocycles. The molecule has 1 aliphatic rings. The van der Waals surface area contributed by atoms with E-state index < -0.39 is 0 Å². The van der Waals surface area contributed by atoms with E-state index in [1.807, 2.05) is 11.8 Å². The van der Waals surface area contributed by atoms with Crippen LogP contribution >= 0.6 is 0 Å². The van der Waals surface area contributed by atoms with E-state index in [1.54, 1.807) is 6.08 Å². The van der Waals surface area contributed by atoms with Crippen LogP contribution < -0.4 is 5.32 Å². The first-order valence-electron chi connectivity index (χ1n) is 4.44. The van der Waals surface area contributed by atoms with Gasteiger partial charge in [0.25, 0.3) is 0 Å². The normalized spacial score (nSPS) is 26.6. The third-order valence-electron chi connectivity index (χ3n) is 2.30. The van der Waals surface area contributed by atoms with Crippen LogP contribution in [0.25, 0.3) is 0 Å². The van der Waals surface area contributed by atoms with Crippen LogP contribution in [0.2, 0.25) is 0 Å². The van der Waals surface area contributed by atoms with Crippen LogP contribution in [0, 0.1) is 0 Å². The van der Waals surface area contributed by atoms with E-state index in [9.17, 15) is 4.79 Å². The van der Waals surface area contributed by atoms with Crippen molar-refractivity contribution in [1.82, 2.24) is 10.2 Å². The predicted molar refractivity (Wildman–Crippen MR) is 50.2 cm³/mol. The zero-order valence-electron chi connectivity index (χ0n) is 7.86. The van der Waals surface area contributed by atoms with Gasteiger partial charge in [-0.2, -0.15) is 0 Å². The molecule has 0 saturated carbocycles. The maximum absolute atomic E-state index is 11.2. The second kappa shape index (κ2) is 4.39. The highest BCUT2D eigenvalue weighted by Crippen LogP contribution is 2.05. The van der Waals surface area contributed by atoms with Crippen LogP contribution in [0.3, 0.4) is 0 Å². The summed E-state index contributed by atoms with van der Waals surface area (Å²) in [6, 6.07) is 0.0451. The van der Waals surface area contributed by atoms with Gasteiger partial charge < -0.3 is 10.4 Å². The fraction of sp³-hybridized carbons (Fsp3) is 0.667. The lowest BCUT2D eigenvalue weighted by molar-refractivity contribution is -0.126. The summed E-state index contributed by atoms with van der Waals surface area (Å²) in [5, 5.41) is 11.6. The molecular formula is C9H16N2O2. The Morgan fingerprint density at radius 3 is 3.15 bits per heavy atom. The number of nitrogens with zero attached hydrogens (tertiary/aromatic N) is 1. The number of nitrogens with one attached hydrogen (secondary N) is 1. The van der Waals surface area contributed by atoms with Gasteiger partial charge >= 0.3 is 0 Å². The average molecular weight is 184 g/mol. The second-order valence-electron chi connectivity index (χ2n) is 3.35. The molecule has 0 aromatic carbocycles. The molecule has 1 amide bonds. The zero-order valence-corrected chi connectivity index (χ0v) is 7.86. The van der Waals surface area contributed by atoms with Crippen molar-refractivity contribution in [2.24, 2.45) is 0 Å². The van der Waals surface area contributed by atoms with Crippen molar-refractivity contribution >= 4 is 5.91 Å². The molecule has 4 nitrogen and oxygen atoms in total. The van der Waals surface area contributed by atoms with Crippen molar-refractivity contribution in [1.29, 1.82) is 0 Å². The van der Waals surface area contributed by atoms with Crippen LogP contribution in [0.15, 0.2) is 12.7 Å². The van der Waals surface area contributed by atoms with E-state index in [2.05, 4.69) is 11.9 Å². The number of hydrogen-bond acceptors (Lipinski definition) is 3. The summed E-state index contributed by atoms with van der Waals surface area (Å²) < 4.78 is 0. The van der Waals surface area contributed by atoms with Gasteiger partial charge in [-0.05, 0) is 6.92 Å². The number of aliphatic hydroxyl groups is 1. The van der Waals surface area contributed by atoms with Crippen LogP contribution in [-0.2, 0) is 4.79 Å². The Labute approximate surface area is 78.2 Å². The van der Waals surface area contributed by atoms with Gasteiger partial charge in [0, 0.05) is 12.6 Å². The molecule has 4 heteroatoms. The number of amides is 1. The monoisotopic (exact) mass is 184 g/mol. The minimum absolute atomic E-state index is 0.00783. The second-order valence-corrected chi connectivity index (χ2v) is 3.35. The van der Waals surface area contributed by atoms with Crippen molar-refractivity contribution in [3.63, 3.8) is 0 Å². The first-order valence-corrected chi connectivity index (χ1v) is 4.44. The SMILES string of the molecule is C=CC(C)N1CC(=O)N[C@H](CO)C1. The number of carbonyl (C=O) groups excluding carboxylic acids is 1. The average Bonchev–Trinajstić information content (AvgIpc) is 2.15. The Kier molecular flexibility index (Phi) is 3.45. The summed E-state index contributed by atoms with van der Waals surface area (Å²) in [5.74, 6) is -0.0287. The zero-order chi connectivity index (χ0) is 9.84. The molecule has 0 bridgehead atoms. The molecule has 1 rings (SSSR count). The lowest BCUT2D eigenvalue weighted by atomic mass is 10.1. The number of rotatable bonds is 3. The van der Waals surface area contributed by atoms with Gasteiger partial charge in [0.05, 0.1) is 19.2 Å². The van der Waals surface area contributed by atoms with E-state index in [1.165, 1.54) is 0 Å². The fourth-order valence-electron chi connectivity index (χ4n) is 1.41.